The van der Waals surface area contributed by atoms with Crippen molar-refractivity contribution in [3.05, 3.63) is 85.1 Å². The number of ether oxygens (including phenoxy) is 1. The van der Waals surface area contributed by atoms with Gasteiger partial charge in [-0.3, -0.25) is 9.59 Å². The van der Waals surface area contributed by atoms with Crippen LogP contribution in [0.5, 0.6) is 5.75 Å². The maximum atomic E-state index is 13.7. The van der Waals surface area contributed by atoms with Crippen LogP contribution in [0.2, 0.25) is 15.1 Å². The van der Waals surface area contributed by atoms with E-state index in [-0.39, 0.29) is 29.0 Å². The molecule has 0 amide bonds. The largest absolute Gasteiger partial charge is 0.489 e. The summed E-state index contributed by atoms with van der Waals surface area (Å²) in [5, 5.41) is 5.12. The highest BCUT2D eigenvalue weighted by molar-refractivity contribution is 6.35. The lowest BCUT2D eigenvalue weighted by atomic mass is 9.64. The number of carbonyl (C=O) groups excluding carboxylic acids is 2. The predicted molar refractivity (Wildman–Crippen MR) is 148 cm³/mol. The van der Waals surface area contributed by atoms with Gasteiger partial charge in [-0.25, -0.2) is 0 Å². The van der Waals surface area contributed by atoms with E-state index in [0.717, 1.165) is 35.4 Å². The minimum Gasteiger partial charge on any atom is -0.489 e. The molecule has 1 aliphatic heterocycles. The van der Waals surface area contributed by atoms with E-state index in [2.05, 4.69) is 33.0 Å². The Kier molecular flexibility index (Phi) is 6.75. The second-order valence-electron chi connectivity index (χ2n) is 11.9. The lowest BCUT2D eigenvalue weighted by molar-refractivity contribution is -0.119. The minimum absolute atomic E-state index is 0.0552. The fraction of sp³-hybridized carbons (Fsp3) is 0.400. The Morgan fingerprint density at radius 2 is 1.35 bits per heavy atom. The first-order valence-corrected chi connectivity index (χ1v) is 13.6. The molecule has 0 spiro atoms. The van der Waals surface area contributed by atoms with Gasteiger partial charge in [0.25, 0.3) is 0 Å². The van der Waals surface area contributed by atoms with Gasteiger partial charge >= 0.3 is 0 Å². The molecule has 3 aliphatic rings. The lowest BCUT2D eigenvalue weighted by Gasteiger charge is -2.44. The van der Waals surface area contributed by atoms with Gasteiger partial charge in [-0.2, -0.15) is 0 Å². The molecule has 0 bridgehead atoms. The Hall–Kier alpha value is -2.27. The Balaban J connectivity index is 1.64. The first-order valence-electron chi connectivity index (χ1n) is 12.5. The molecule has 7 heteroatoms. The van der Waals surface area contributed by atoms with Crippen molar-refractivity contribution < 1.29 is 14.3 Å². The molecule has 2 aromatic rings. The average molecular weight is 559 g/mol. The SMILES string of the molecule is CC1(C)CC(=O)C2=C(C1)NC1=C(C(=O)CC(C)(C)C1)C2c1cc(Cl)ccc1OCc1ccc(Cl)cc1Cl. The standard InChI is InChI=1S/C30H30Cl3NO3/c1-29(2)11-21-27(23(35)13-29)26(28-22(34-21)12-30(3,4)14-24(28)36)19-9-17(31)7-8-25(19)37-15-16-5-6-18(32)10-20(16)33/h5-10,26,34H,11-15H2,1-4H3. The zero-order valence-corrected chi connectivity index (χ0v) is 23.7. The van der Waals surface area contributed by atoms with Crippen LogP contribution < -0.4 is 10.1 Å². The number of nitrogens with one attached hydrogen (secondary N) is 1. The van der Waals surface area contributed by atoms with Gasteiger partial charge < -0.3 is 10.1 Å². The highest BCUT2D eigenvalue weighted by Crippen LogP contribution is 2.52. The van der Waals surface area contributed by atoms with Crippen molar-refractivity contribution in [1.82, 2.24) is 5.32 Å². The van der Waals surface area contributed by atoms with Crippen molar-refractivity contribution in [1.29, 1.82) is 0 Å². The first kappa shape index (κ1) is 26.3. The molecule has 194 valence electrons. The molecule has 0 radical (unpaired) electrons. The third-order valence-corrected chi connectivity index (χ3v) is 8.22. The summed E-state index contributed by atoms with van der Waals surface area (Å²) in [7, 11) is 0. The van der Waals surface area contributed by atoms with E-state index in [9.17, 15) is 9.59 Å². The molecule has 0 saturated carbocycles. The molecule has 2 aromatic carbocycles. The summed E-state index contributed by atoms with van der Waals surface area (Å²) in [5.41, 5.74) is 4.29. The van der Waals surface area contributed by atoms with Gasteiger partial charge in [0.15, 0.2) is 11.6 Å². The molecule has 0 saturated heterocycles. The smallest absolute Gasteiger partial charge is 0.162 e. The summed E-state index contributed by atoms with van der Waals surface area (Å²) in [6.07, 6.45) is 2.30. The quantitative estimate of drug-likeness (QED) is 0.411. The second kappa shape index (κ2) is 9.48. The topological polar surface area (TPSA) is 55.4 Å². The Labute approximate surface area is 233 Å². The van der Waals surface area contributed by atoms with Crippen LogP contribution in [-0.4, -0.2) is 11.6 Å². The van der Waals surface area contributed by atoms with Gasteiger partial charge in [0.1, 0.15) is 12.4 Å². The fourth-order valence-electron chi connectivity index (χ4n) is 5.87. The highest BCUT2D eigenvalue weighted by Gasteiger charge is 2.47. The zero-order valence-electron chi connectivity index (χ0n) is 21.4. The van der Waals surface area contributed by atoms with Crippen molar-refractivity contribution in [2.24, 2.45) is 10.8 Å². The minimum atomic E-state index is -0.534. The molecule has 2 aliphatic carbocycles. The zero-order chi connectivity index (χ0) is 26.7. The van der Waals surface area contributed by atoms with Gasteiger partial charge in [0.2, 0.25) is 0 Å². The molecule has 0 atom stereocenters. The van der Waals surface area contributed by atoms with E-state index in [0.29, 0.717) is 44.8 Å². The molecular weight excluding hydrogens is 529 g/mol. The first-order chi connectivity index (χ1) is 17.3. The number of carbonyl (C=O) groups is 2. The van der Waals surface area contributed by atoms with Gasteiger partial charge in [0.05, 0.1) is 0 Å². The van der Waals surface area contributed by atoms with E-state index in [1.54, 1.807) is 24.3 Å². The molecule has 0 aromatic heterocycles. The van der Waals surface area contributed by atoms with Crippen molar-refractivity contribution in [2.45, 2.75) is 65.9 Å². The van der Waals surface area contributed by atoms with Crippen LogP contribution in [0.4, 0.5) is 0 Å². The number of hydrogen-bond donors (Lipinski definition) is 1. The highest BCUT2D eigenvalue weighted by atomic mass is 35.5. The fourth-order valence-corrected chi connectivity index (χ4v) is 6.51. The van der Waals surface area contributed by atoms with Crippen LogP contribution in [0.3, 0.4) is 0 Å². The van der Waals surface area contributed by atoms with Crippen LogP contribution >= 0.6 is 34.8 Å². The number of benzene rings is 2. The average Bonchev–Trinajstić information content (AvgIpc) is 2.76. The van der Waals surface area contributed by atoms with Crippen molar-refractivity contribution in [2.75, 3.05) is 0 Å². The predicted octanol–water partition coefficient (Wildman–Crippen LogP) is 8.20. The number of ketones is 2. The molecular formula is C30H30Cl3NO3. The van der Waals surface area contributed by atoms with E-state index in [1.165, 1.54) is 0 Å². The van der Waals surface area contributed by atoms with Gasteiger partial charge in [-0.15, -0.1) is 0 Å². The lowest BCUT2D eigenvalue weighted by Crippen LogP contribution is -2.42. The maximum absolute atomic E-state index is 13.7. The van der Waals surface area contributed by atoms with E-state index >= 15 is 0 Å². The molecule has 1 heterocycles. The molecule has 4 nitrogen and oxygen atoms in total. The van der Waals surface area contributed by atoms with Crippen molar-refractivity contribution in [3.63, 3.8) is 0 Å². The van der Waals surface area contributed by atoms with Crippen LogP contribution in [0.15, 0.2) is 58.9 Å². The number of rotatable bonds is 4. The Morgan fingerprint density at radius 3 is 1.92 bits per heavy atom. The van der Waals surface area contributed by atoms with Crippen LogP contribution in [0, 0.1) is 10.8 Å². The van der Waals surface area contributed by atoms with E-state index in [1.807, 2.05) is 12.1 Å². The molecule has 1 N–H and O–H groups in total. The van der Waals surface area contributed by atoms with Gasteiger partial charge in [0, 0.05) is 67.5 Å². The number of dihydropyridines is 1. The molecule has 37 heavy (non-hydrogen) atoms. The second-order valence-corrected chi connectivity index (χ2v) is 13.2. The monoisotopic (exact) mass is 557 g/mol. The van der Waals surface area contributed by atoms with Crippen molar-refractivity contribution >= 4 is 46.4 Å². The van der Waals surface area contributed by atoms with Crippen LogP contribution in [0.25, 0.3) is 0 Å². The summed E-state index contributed by atoms with van der Waals surface area (Å²) in [6.45, 7) is 8.63. The number of Topliss-reactive ketones (excluding diaryl/α,β-unsaturated/α-hetero) is 2. The van der Waals surface area contributed by atoms with Crippen LogP contribution in [0.1, 0.15) is 70.4 Å². The van der Waals surface area contributed by atoms with E-state index < -0.39 is 5.92 Å². The molecule has 0 fully saturated rings. The van der Waals surface area contributed by atoms with Crippen LogP contribution in [-0.2, 0) is 16.2 Å². The molecule has 0 unspecified atom stereocenters. The van der Waals surface area contributed by atoms with Gasteiger partial charge in [-0.05, 0) is 54.0 Å². The van der Waals surface area contributed by atoms with Gasteiger partial charge in [-0.1, -0.05) is 68.6 Å². The summed E-state index contributed by atoms with van der Waals surface area (Å²) in [5.74, 6) is 0.142. The number of hydrogen-bond acceptors (Lipinski definition) is 4. The normalized spacial score (nSPS) is 20.9. The summed E-state index contributed by atoms with van der Waals surface area (Å²) >= 11 is 18.9. The Morgan fingerprint density at radius 1 is 0.811 bits per heavy atom. The summed E-state index contributed by atoms with van der Waals surface area (Å²) < 4.78 is 6.29. The molecule has 5 rings (SSSR count). The number of allylic oxidation sites excluding steroid dienone is 4. The van der Waals surface area contributed by atoms with Crippen molar-refractivity contribution in [3.8, 4) is 5.75 Å². The summed E-state index contributed by atoms with van der Waals surface area (Å²) in [4.78, 5) is 27.3. The van der Waals surface area contributed by atoms with E-state index in [4.69, 9.17) is 39.5 Å². The maximum Gasteiger partial charge on any atom is 0.162 e. The summed E-state index contributed by atoms with van der Waals surface area (Å²) in [6, 6.07) is 10.7. The third kappa shape index (κ3) is 5.21. The third-order valence-electron chi connectivity index (χ3n) is 7.40. The Bertz CT molecular complexity index is 1330. The number of halogens is 3.